The first-order valence-electron chi connectivity index (χ1n) is 8.27. The van der Waals surface area contributed by atoms with Gasteiger partial charge in [-0.1, -0.05) is 30.3 Å². The zero-order valence-electron chi connectivity index (χ0n) is 14.4. The topological polar surface area (TPSA) is 54.0 Å². The predicted molar refractivity (Wildman–Crippen MR) is 91.2 cm³/mol. The van der Waals surface area contributed by atoms with Gasteiger partial charge in [-0.25, -0.2) is 0 Å². The van der Waals surface area contributed by atoms with Gasteiger partial charge in [-0.2, -0.15) is 0 Å². The molecule has 1 aromatic carbocycles. The van der Waals surface area contributed by atoms with Crippen molar-refractivity contribution in [2.75, 3.05) is 26.4 Å². The van der Waals surface area contributed by atoms with Crippen LogP contribution in [0.4, 0.5) is 0 Å². The maximum atomic E-state index is 11.8. The molecule has 0 spiro atoms. The van der Waals surface area contributed by atoms with Crippen molar-refractivity contribution in [3.8, 4) is 0 Å². The normalized spacial score (nSPS) is 11.4. The largest absolute Gasteiger partial charge is 0.501 e. The molecule has 0 radical (unpaired) electrons. The molecule has 0 bridgehead atoms. The van der Waals surface area contributed by atoms with Crippen LogP contribution < -0.4 is 0 Å². The van der Waals surface area contributed by atoms with Crippen molar-refractivity contribution in [2.45, 2.75) is 39.7 Å². The number of rotatable bonds is 12. The fourth-order valence-electron chi connectivity index (χ4n) is 2.29. The Labute approximate surface area is 140 Å². The summed E-state index contributed by atoms with van der Waals surface area (Å²) in [6.45, 7) is 7.81. The number of carbonyl (C=O) groups is 1. The molecule has 0 saturated carbocycles. The van der Waals surface area contributed by atoms with Gasteiger partial charge in [0.2, 0.25) is 0 Å². The zero-order chi connectivity index (χ0) is 17.0. The standard InChI is InChI=1S/C17H28O5Si/c1-4-20-23(21-5-2,22-6-3)14-10-13-19-17(18)15-16-11-8-7-9-12-16/h7-9,11-12H,4-6,10,13-15H2,1-3H3. The minimum atomic E-state index is -2.63. The van der Waals surface area contributed by atoms with E-state index in [1.807, 2.05) is 51.1 Å². The second-order valence-corrected chi connectivity index (χ2v) is 7.70. The maximum Gasteiger partial charge on any atom is 0.501 e. The van der Waals surface area contributed by atoms with Crippen molar-refractivity contribution in [3.05, 3.63) is 35.9 Å². The van der Waals surface area contributed by atoms with Crippen molar-refractivity contribution < 1.29 is 22.8 Å². The lowest BCUT2D eigenvalue weighted by molar-refractivity contribution is -0.142. The van der Waals surface area contributed by atoms with E-state index in [0.717, 1.165) is 5.56 Å². The van der Waals surface area contributed by atoms with Crippen molar-refractivity contribution in [1.29, 1.82) is 0 Å². The summed E-state index contributed by atoms with van der Waals surface area (Å²) in [4.78, 5) is 11.8. The van der Waals surface area contributed by atoms with Crippen molar-refractivity contribution >= 4 is 14.8 Å². The quantitative estimate of drug-likeness (QED) is 0.332. The molecule has 0 N–H and O–H groups in total. The van der Waals surface area contributed by atoms with Gasteiger partial charge in [-0.05, 0) is 32.8 Å². The van der Waals surface area contributed by atoms with Gasteiger partial charge in [0.15, 0.2) is 0 Å². The third-order valence-electron chi connectivity index (χ3n) is 3.17. The van der Waals surface area contributed by atoms with Gasteiger partial charge in [0.1, 0.15) is 0 Å². The van der Waals surface area contributed by atoms with E-state index in [9.17, 15) is 4.79 Å². The maximum absolute atomic E-state index is 11.8. The monoisotopic (exact) mass is 340 g/mol. The molecule has 0 amide bonds. The molecule has 1 aromatic rings. The Bertz CT molecular complexity index is 421. The Morgan fingerprint density at radius 1 is 0.957 bits per heavy atom. The molecule has 1 rings (SSSR count). The molecule has 0 aliphatic heterocycles. The van der Waals surface area contributed by atoms with Gasteiger partial charge in [0.25, 0.3) is 0 Å². The third-order valence-corrected chi connectivity index (χ3v) is 6.33. The molecule has 0 aliphatic rings. The van der Waals surface area contributed by atoms with Crippen LogP contribution in [0.25, 0.3) is 0 Å². The van der Waals surface area contributed by atoms with Crippen molar-refractivity contribution in [1.82, 2.24) is 0 Å². The van der Waals surface area contributed by atoms with Crippen LogP contribution in [0.2, 0.25) is 6.04 Å². The lowest BCUT2D eigenvalue weighted by atomic mass is 10.2. The number of hydrogen-bond acceptors (Lipinski definition) is 5. The van der Waals surface area contributed by atoms with E-state index < -0.39 is 8.80 Å². The van der Waals surface area contributed by atoms with Gasteiger partial charge in [-0.15, -0.1) is 0 Å². The van der Waals surface area contributed by atoms with E-state index in [1.165, 1.54) is 0 Å². The molecule has 0 fully saturated rings. The number of carbonyl (C=O) groups excluding carboxylic acids is 1. The lowest BCUT2D eigenvalue weighted by Crippen LogP contribution is -2.46. The Balaban J connectivity index is 2.36. The second kappa shape index (κ2) is 11.3. The number of benzene rings is 1. The van der Waals surface area contributed by atoms with Crippen LogP contribution in [0.15, 0.2) is 30.3 Å². The summed E-state index contributed by atoms with van der Waals surface area (Å²) in [6, 6.07) is 10.2. The van der Waals surface area contributed by atoms with Crippen molar-refractivity contribution in [2.24, 2.45) is 0 Å². The Hall–Kier alpha value is -1.21. The molecule has 130 valence electrons. The van der Waals surface area contributed by atoms with Gasteiger partial charge in [-0.3, -0.25) is 4.79 Å². The Kier molecular flexibility index (Phi) is 9.78. The van der Waals surface area contributed by atoms with Gasteiger partial charge >= 0.3 is 14.8 Å². The molecule has 0 saturated heterocycles. The summed E-state index contributed by atoms with van der Waals surface area (Å²) in [7, 11) is -2.63. The summed E-state index contributed by atoms with van der Waals surface area (Å²) in [5, 5.41) is 0. The summed E-state index contributed by atoms with van der Waals surface area (Å²) in [5.74, 6) is -0.215. The lowest BCUT2D eigenvalue weighted by Gasteiger charge is -2.28. The van der Waals surface area contributed by atoms with Gasteiger partial charge in [0, 0.05) is 25.9 Å². The third kappa shape index (κ3) is 7.74. The van der Waals surface area contributed by atoms with Crippen LogP contribution in [0.5, 0.6) is 0 Å². The smallest absolute Gasteiger partial charge is 0.465 e. The van der Waals surface area contributed by atoms with Gasteiger partial charge < -0.3 is 18.0 Å². The first kappa shape index (κ1) is 19.8. The summed E-state index contributed by atoms with van der Waals surface area (Å²) < 4.78 is 22.6. The minimum absolute atomic E-state index is 0.215. The molecule has 0 atom stereocenters. The summed E-state index contributed by atoms with van der Waals surface area (Å²) >= 11 is 0. The van der Waals surface area contributed by atoms with Crippen LogP contribution in [0.3, 0.4) is 0 Å². The number of ether oxygens (including phenoxy) is 1. The molecule has 6 heteroatoms. The highest BCUT2D eigenvalue weighted by Crippen LogP contribution is 2.18. The van der Waals surface area contributed by atoms with Crippen LogP contribution in [-0.4, -0.2) is 41.2 Å². The van der Waals surface area contributed by atoms with Crippen LogP contribution in [0, 0.1) is 0 Å². The fraction of sp³-hybridized carbons (Fsp3) is 0.588. The first-order valence-corrected chi connectivity index (χ1v) is 10.2. The van der Waals surface area contributed by atoms with E-state index >= 15 is 0 Å². The Morgan fingerprint density at radius 3 is 2.04 bits per heavy atom. The zero-order valence-corrected chi connectivity index (χ0v) is 15.4. The molecular weight excluding hydrogens is 312 g/mol. The average Bonchev–Trinajstić information content (AvgIpc) is 2.53. The SMILES string of the molecule is CCO[Si](CCCOC(=O)Cc1ccccc1)(OCC)OCC. The summed E-state index contributed by atoms with van der Waals surface area (Å²) in [6.07, 6.45) is 0.971. The van der Waals surface area contributed by atoms with E-state index in [-0.39, 0.29) is 5.97 Å². The van der Waals surface area contributed by atoms with Crippen LogP contribution in [0.1, 0.15) is 32.8 Å². The molecule has 5 nitrogen and oxygen atoms in total. The van der Waals surface area contributed by atoms with Gasteiger partial charge in [0.05, 0.1) is 13.0 Å². The molecular formula is C17H28O5Si. The van der Waals surface area contributed by atoms with E-state index in [2.05, 4.69) is 0 Å². The van der Waals surface area contributed by atoms with Crippen molar-refractivity contribution in [3.63, 3.8) is 0 Å². The molecule has 23 heavy (non-hydrogen) atoms. The molecule has 0 unspecified atom stereocenters. The fourth-order valence-corrected chi connectivity index (χ4v) is 4.87. The summed E-state index contributed by atoms with van der Waals surface area (Å²) in [5.41, 5.74) is 0.958. The van der Waals surface area contributed by atoms with Crippen LogP contribution in [-0.2, 0) is 29.2 Å². The highest BCUT2D eigenvalue weighted by atomic mass is 28.4. The minimum Gasteiger partial charge on any atom is -0.465 e. The highest BCUT2D eigenvalue weighted by molar-refractivity contribution is 6.60. The predicted octanol–water partition coefficient (Wildman–Crippen LogP) is 3.21. The number of hydrogen-bond donors (Lipinski definition) is 0. The number of esters is 1. The molecule has 0 heterocycles. The Morgan fingerprint density at radius 2 is 1.52 bits per heavy atom. The molecule has 0 aromatic heterocycles. The second-order valence-electron chi connectivity index (χ2n) is 4.97. The average molecular weight is 340 g/mol. The molecule has 0 aliphatic carbocycles. The highest BCUT2D eigenvalue weighted by Gasteiger charge is 2.39. The van der Waals surface area contributed by atoms with E-state index in [4.69, 9.17) is 18.0 Å². The van der Waals surface area contributed by atoms with E-state index in [0.29, 0.717) is 45.3 Å². The van der Waals surface area contributed by atoms with E-state index in [1.54, 1.807) is 0 Å². The van der Waals surface area contributed by atoms with Crippen LogP contribution >= 0.6 is 0 Å². The first-order chi connectivity index (χ1) is 11.2.